The first-order valence-electron chi connectivity index (χ1n) is 7.89. The quantitative estimate of drug-likeness (QED) is 0.759. The molecule has 120 valence electrons. The van der Waals surface area contributed by atoms with Crippen LogP contribution in [0.1, 0.15) is 44.8 Å². The van der Waals surface area contributed by atoms with Gasteiger partial charge in [-0.2, -0.15) is 0 Å². The van der Waals surface area contributed by atoms with Crippen LogP contribution in [-0.4, -0.2) is 26.6 Å². The Labute approximate surface area is 138 Å². The molecule has 0 saturated carbocycles. The van der Waals surface area contributed by atoms with Crippen molar-refractivity contribution in [2.24, 2.45) is 0 Å². The predicted molar refractivity (Wildman–Crippen MR) is 90.3 cm³/mol. The van der Waals surface area contributed by atoms with Gasteiger partial charge in [0.15, 0.2) is 5.78 Å². The molecule has 0 spiro atoms. The Morgan fingerprint density at radius 2 is 2.08 bits per heavy atom. The van der Waals surface area contributed by atoms with Gasteiger partial charge in [-0.25, -0.2) is 4.98 Å². The highest BCUT2D eigenvalue weighted by atomic mass is 16.2. The number of hydrogen-bond donors (Lipinski definition) is 2. The van der Waals surface area contributed by atoms with Crippen LogP contribution >= 0.6 is 0 Å². The van der Waals surface area contributed by atoms with Crippen molar-refractivity contribution in [2.75, 3.05) is 5.32 Å². The van der Waals surface area contributed by atoms with Crippen molar-refractivity contribution in [1.82, 2.24) is 15.0 Å². The van der Waals surface area contributed by atoms with Crippen molar-refractivity contribution in [3.05, 3.63) is 53.1 Å². The first-order chi connectivity index (χ1) is 11.6. The number of H-pyrrole nitrogens is 1. The molecule has 6 heteroatoms. The van der Waals surface area contributed by atoms with Crippen LogP contribution in [-0.2, 0) is 6.42 Å². The number of hydrogen-bond acceptors (Lipinski definition) is 4. The van der Waals surface area contributed by atoms with Gasteiger partial charge >= 0.3 is 0 Å². The Hall–Kier alpha value is -3.02. The summed E-state index contributed by atoms with van der Waals surface area (Å²) in [7, 11) is 0. The summed E-state index contributed by atoms with van der Waals surface area (Å²) < 4.78 is 0. The monoisotopic (exact) mass is 320 g/mol. The van der Waals surface area contributed by atoms with Crippen molar-refractivity contribution in [2.45, 2.75) is 26.2 Å². The molecule has 0 atom stereocenters. The summed E-state index contributed by atoms with van der Waals surface area (Å²) in [5.41, 5.74) is 3.57. The lowest BCUT2D eigenvalue weighted by atomic mass is 9.93. The average molecular weight is 320 g/mol. The number of aromatic nitrogens is 3. The molecule has 24 heavy (non-hydrogen) atoms. The van der Waals surface area contributed by atoms with Crippen LogP contribution in [0.2, 0.25) is 0 Å². The Balaban J connectivity index is 1.64. The maximum atomic E-state index is 12.5. The van der Waals surface area contributed by atoms with Crippen molar-refractivity contribution >= 4 is 28.4 Å². The summed E-state index contributed by atoms with van der Waals surface area (Å²) in [5, 5.41) is 3.68. The second-order valence-corrected chi connectivity index (χ2v) is 6.06. The third kappa shape index (κ3) is 2.46. The summed E-state index contributed by atoms with van der Waals surface area (Å²) in [6, 6.07) is 3.72. The van der Waals surface area contributed by atoms with E-state index in [1.54, 1.807) is 24.7 Å². The smallest absolute Gasteiger partial charge is 0.259 e. The van der Waals surface area contributed by atoms with E-state index in [0.717, 1.165) is 35.0 Å². The molecular weight excluding hydrogens is 304 g/mol. The van der Waals surface area contributed by atoms with E-state index in [9.17, 15) is 9.59 Å². The lowest BCUT2D eigenvalue weighted by Gasteiger charge is -2.11. The number of pyridine rings is 2. The van der Waals surface area contributed by atoms with Gasteiger partial charge in [0.1, 0.15) is 5.82 Å². The first-order valence-corrected chi connectivity index (χ1v) is 7.89. The number of nitrogens with one attached hydrogen (secondary N) is 2. The van der Waals surface area contributed by atoms with Crippen molar-refractivity contribution in [3.63, 3.8) is 0 Å². The molecule has 3 aromatic rings. The minimum Gasteiger partial charge on any atom is -0.364 e. The number of fused-ring (bicyclic) bond motifs is 2. The largest absolute Gasteiger partial charge is 0.364 e. The highest BCUT2D eigenvalue weighted by Gasteiger charge is 2.26. The van der Waals surface area contributed by atoms with Crippen LogP contribution in [0.15, 0.2) is 30.7 Å². The summed E-state index contributed by atoms with van der Waals surface area (Å²) in [6.45, 7) is 1.97. The van der Waals surface area contributed by atoms with Gasteiger partial charge in [0.05, 0.1) is 16.6 Å². The van der Waals surface area contributed by atoms with Gasteiger partial charge in [-0.15, -0.1) is 0 Å². The van der Waals surface area contributed by atoms with Crippen LogP contribution in [0.5, 0.6) is 0 Å². The van der Waals surface area contributed by atoms with Gasteiger partial charge in [0.2, 0.25) is 0 Å². The topological polar surface area (TPSA) is 87.7 Å². The second kappa shape index (κ2) is 5.56. The van der Waals surface area contributed by atoms with Crippen LogP contribution in [0.3, 0.4) is 0 Å². The van der Waals surface area contributed by atoms with Gasteiger partial charge in [-0.1, -0.05) is 0 Å². The fourth-order valence-corrected chi connectivity index (χ4v) is 3.10. The first kappa shape index (κ1) is 14.6. The molecular formula is C18H16N4O2. The summed E-state index contributed by atoms with van der Waals surface area (Å²) in [5.74, 6) is 0.107. The maximum Gasteiger partial charge on any atom is 0.259 e. The molecule has 0 unspecified atom stereocenters. The van der Waals surface area contributed by atoms with E-state index < -0.39 is 0 Å². The molecule has 1 aliphatic rings. The molecule has 2 N–H and O–H groups in total. The Kier molecular flexibility index (Phi) is 3.37. The van der Waals surface area contributed by atoms with Gasteiger partial charge < -0.3 is 10.3 Å². The van der Waals surface area contributed by atoms with Crippen LogP contribution in [0, 0.1) is 6.92 Å². The molecule has 3 heterocycles. The lowest BCUT2D eigenvalue weighted by molar-refractivity contribution is 0.0956. The number of aryl methyl sites for hydroxylation is 2. The molecule has 4 rings (SSSR count). The van der Waals surface area contributed by atoms with Gasteiger partial charge in [-0.05, 0) is 31.4 Å². The number of carbonyl (C=O) groups is 2. The summed E-state index contributed by atoms with van der Waals surface area (Å²) in [6.07, 6.45) is 7.17. The second-order valence-electron chi connectivity index (χ2n) is 6.06. The van der Waals surface area contributed by atoms with Crippen LogP contribution in [0.25, 0.3) is 10.9 Å². The molecule has 0 radical (unpaired) electrons. The fourth-order valence-electron chi connectivity index (χ4n) is 3.10. The lowest BCUT2D eigenvalue weighted by Crippen LogP contribution is -2.18. The van der Waals surface area contributed by atoms with Gasteiger partial charge in [0, 0.05) is 42.2 Å². The third-order valence-corrected chi connectivity index (χ3v) is 4.26. The molecule has 0 bridgehead atoms. The average Bonchev–Trinajstić information content (AvgIpc) is 3.00. The molecule has 6 nitrogen and oxygen atoms in total. The number of ketones is 1. The van der Waals surface area contributed by atoms with E-state index in [2.05, 4.69) is 20.3 Å². The molecule has 1 aliphatic carbocycles. The predicted octanol–water partition coefficient (Wildman–Crippen LogP) is 3.04. The zero-order valence-corrected chi connectivity index (χ0v) is 13.2. The van der Waals surface area contributed by atoms with E-state index in [0.29, 0.717) is 23.4 Å². The number of Topliss-reactive ketones (excluding diaryl/α,β-unsaturated/α-hetero) is 1. The number of amides is 1. The minimum absolute atomic E-state index is 0.0197. The molecule has 0 aliphatic heterocycles. The minimum atomic E-state index is -0.332. The Morgan fingerprint density at radius 1 is 1.21 bits per heavy atom. The molecule has 0 saturated heterocycles. The molecule has 1 amide bonds. The highest BCUT2D eigenvalue weighted by Crippen LogP contribution is 2.25. The van der Waals surface area contributed by atoms with Crippen LogP contribution < -0.4 is 5.32 Å². The standard InChI is InChI=1S/C18H16N4O2/c1-10-5-11-8-21-16(6-14(11)19-7-10)22-18(24)12-9-20-13-3-2-4-15(23)17(12)13/h5-9,20H,2-4H2,1H3,(H,21,22,24). The molecule has 0 fully saturated rings. The number of anilines is 1. The van der Waals surface area contributed by atoms with E-state index in [1.807, 2.05) is 13.0 Å². The van der Waals surface area contributed by atoms with Crippen LogP contribution in [0.4, 0.5) is 5.82 Å². The Bertz CT molecular complexity index is 974. The van der Waals surface area contributed by atoms with E-state index in [1.165, 1.54) is 0 Å². The van der Waals surface area contributed by atoms with Crippen molar-refractivity contribution in [1.29, 1.82) is 0 Å². The van der Waals surface area contributed by atoms with E-state index in [-0.39, 0.29) is 11.7 Å². The zero-order valence-electron chi connectivity index (χ0n) is 13.2. The normalized spacial score (nSPS) is 13.8. The summed E-state index contributed by atoms with van der Waals surface area (Å²) >= 11 is 0. The number of aromatic amines is 1. The number of rotatable bonds is 2. The van der Waals surface area contributed by atoms with Crippen molar-refractivity contribution < 1.29 is 9.59 Å². The SMILES string of the molecule is Cc1cnc2cc(NC(=O)c3c[nH]c4c3C(=O)CCC4)ncc2c1. The third-order valence-electron chi connectivity index (χ3n) is 4.26. The van der Waals surface area contributed by atoms with Crippen molar-refractivity contribution in [3.8, 4) is 0 Å². The maximum absolute atomic E-state index is 12.5. The highest BCUT2D eigenvalue weighted by molar-refractivity contribution is 6.13. The molecule has 3 aromatic heterocycles. The number of carbonyl (C=O) groups excluding carboxylic acids is 2. The van der Waals surface area contributed by atoms with Gasteiger partial charge in [-0.3, -0.25) is 14.6 Å². The van der Waals surface area contributed by atoms with E-state index in [4.69, 9.17) is 0 Å². The van der Waals surface area contributed by atoms with E-state index >= 15 is 0 Å². The fraction of sp³-hybridized carbons (Fsp3) is 0.222. The zero-order chi connectivity index (χ0) is 16.7. The Morgan fingerprint density at radius 3 is 2.96 bits per heavy atom. The molecule has 0 aromatic carbocycles. The number of nitrogens with zero attached hydrogens (tertiary/aromatic N) is 2. The summed E-state index contributed by atoms with van der Waals surface area (Å²) in [4.78, 5) is 36.3. The van der Waals surface area contributed by atoms with Gasteiger partial charge in [0.25, 0.3) is 5.91 Å².